The molecule has 0 N–H and O–H groups in total. The summed E-state index contributed by atoms with van der Waals surface area (Å²) in [5, 5.41) is 0. The Morgan fingerprint density at radius 2 is 1.78 bits per heavy atom. The number of hydrogen-bond donors (Lipinski definition) is 0. The van der Waals surface area contributed by atoms with Gasteiger partial charge in [0.25, 0.3) is 0 Å². The summed E-state index contributed by atoms with van der Waals surface area (Å²) in [6.45, 7) is 2.26. The van der Waals surface area contributed by atoms with Crippen molar-refractivity contribution in [1.29, 1.82) is 0 Å². The van der Waals surface area contributed by atoms with E-state index in [1.807, 2.05) is 0 Å². The Bertz CT molecular complexity index is 59.6. The fourth-order valence-corrected chi connectivity index (χ4v) is 1.17. The van der Waals surface area contributed by atoms with Crippen LogP contribution in [0.2, 0.25) is 0 Å². The number of unbranched alkanes of at least 4 members (excludes halogenated alkanes) is 5. The zero-order valence-corrected chi connectivity index (χ0v) is 7.88. The molecule has 0 heterocycles. The molecule has 0 aliphatic carbocycles. The fraction of sp³-hybridized carbons (Fsp3) is 0.875. The van der Waals surface area contributed by atoms with E-state index in [2.05, 4.69) is 31.2 Å². The zero-order chi connectivity index (χ0) is 6.95. The summed E-state index contributed by atoms with van der Waals surface area (Å²) in [5.74, 6) is 0. The summed E-state index contributed by atoms with van der Waals surface area (Å²) >= 11 is 2.14. The third-order valence-corrected chi connectivity index (χ3v) is 1.90. The van der Waals surface area contributed by atoms with Crippen molar-refractivity contribution in [2.45, 2.75) is 45.4 Å². The second-order valence-corrected chi connectivity index (χ2v) is 3.04. The van der Waals surface area contributed by atoms with E-state index in [1.165, 1.54) is 38.5 Å². The predicted molar refractivity (Wildman–Crippen MR) is 39.4 cm³/mol. The fourth-order valence-electron chi connectivity index (χ4n) is 0.850. The van der Waals surface area contributed by atoms with Crippen molar-refractivity contribution in [3.05, 3.63) is 0 Å². The van der Waals surface area contributed by atoms with E-state index in [0.29, 0.717) is 0 Å². The van der Waals surface area contributed by atoms with E-state index in [4.69, 9.17) is 0 Å². The molecule has 0 amide bonds. The van der Waals surface area contributed by atoms with Crippen LogP contribution in [0.4, 0.5) is 0 Å². The van der Waals surface area contributed by atoms with Crippen LogP contribution in [0.5, 0.6) is 0 Å². The van der Waals surface area contributed by atoms with Gasteiger partial charge in [0.1, 0.15) is 0 Å². The summed E-state index contributed by atoms with van der Waals surface area (Å²) < 4.78 is 2.26. The van der Waals surface area contributed by atoms with Crippen molar-refractivity contribution >= 4 is 4.31 Å². The SMILES string of the molecule is CCCCCCC[CH]=[Ti+2]. The molecule has 0 aromatic heterocycles. The molecular formula is C8H16Ti+2. The molecular weight excluding hydrogens is 144 g/mol. The van der Waals surface area contributed by atoms with Crippen molar-refractivity contribution in [2.24, 2.45) is 0 Å². The first-order chi connectivity index (χ1) is 4.41. The Balaban J connectivity index is 2.66. The van der Waals surface area contributed by atoms with Gasteiger partial charge >= 0.3 is 69.7 Å². The first kappa shape index (κ1) is 9.58. The van der Waals surface area contributed by atoms with E-state index < -0.39 is 0 Å². The zero-order valence-electron chi connectivity index (χ0n) is 6.32. The molecule has 0 spiro atoms. The molecule has 0 saturated carbocycles. The van der Waals surface area contributed by atoms with Gasteiger partial charge in [0, 0.05) is 0 Å². The molecule has 0 fully saturated rings. The van der Waals surface area contributed by atoms with Gasteiger partial charge in [-0.05, 0) is 0 Å². The Hall–Kier alpha value is 0.584. The monoisotopic (exact) mass is 160 g/mol. The van der Waals surface area contributed by atoms with Gasteiger partial charge in [0.2, 0.25) is 0 Å². The van der Waals surface area contributed by atoms with Crippen LogP contribution in [0.25, 0.3) is 0 Å². The van der Waals surface area contributed by atoms with Crippen LogP contribution in [0, 0.1) is 0 Å². The van der Waals surface area contributed by atoms with Gasteiger partial charge in [-0.3, -0.25) is 0 Å². The summed E-state index contributed by atoms with van der Waals surface area (Å²) in [6.07, 6.45) is 8.35. The number of hydrogen-bond acceptors (Lipinski definition) is 0. The third kappa shape index (κ3) is 8.58. The van der Waals surface area contributed by atoms with Gasteiger partial charge in [-0.15, -0.1) is 0 Å². The van der Waals surface area contributed by atoms with Gasteiger partial charge < -0.3 is 0 Å². The molecule has 50 valence electrons. The van der Waals surface area contributed by atoms with Crippen LogP contribution in [-0.4, -0.2) is 4.31 Å². The minimum absolute atomic E-state index is 1.31. The Kier molecular flexibility index (Phi) is 9.14. The predicted octanol–water partition coefficient (Wildman–Crippen LogP) is 2.70. The van der Waals surface area contributed by atoms with Crippen LogP contribution < -0.4 is 0 Å². The molecule has 0 bridgehead atoms. The third-order valence-electron chi connectivity index (χ3n) is 1.45. The average molecular weight is 160 g/mol. The molecule has 0 aromatic rings. The minimum atomic E-state index is 1.31. The van der Waals surface area contributed by atoms with Crippen LogP contribution in [0.3, 0.4) is 0 Å². The van der Waals surface area contributed by atoms with Crippen molar-refractivity contribution in [1.82, 2.24) is 0 Å². The van der Waals surface area contributed by atoms with E-state index in [-0.39, 0.29) is 0 Å². The second-order valence-electron chi connectivity index (χ2n) is 2.41. The van der Waals surface area contributed by atoms with Gasteiger partial charge in [-0.25, -0.2) is 0 Å². The Morgan fingerprint density at radius 1 is 1.11 bits per heavy atom. The molecule has 0 aromatic carbocycles. The van der Waals surface area contributed by atoms with E-state index >= 15 is 0 Å². The maximum absolute atomic E-state index is 2.26. The molecule has 0 nitrogen and oxygen atoms in total. The summed E-state index contributed by atoms with van der Waals surface area (Å²) in [4.78, 5) is 0. The topological polar surface area (TPSA) is 0 Å². The van der Waals surface area contributed by atoms with Gasteiger partial charge in [0.05, 0.1) is 0 Å². The van der Waals surface area contributed by atoms with E-state index in [0.717, 1.165) is 0 Å². The molecule has 0 rings (SSSR count). The van der Waals surface area contributed by atoms with E-state index in [1.54, 1.807) is 0 Å². The molecule has 0 aliphatic rings. The normalized spacial score (nSPS) is 9.67. The molecule has 0 aliphatic heterocycles. The Labute approximate surface area is 69.9 Å². The van der Waals surface area contributed by atoms with Crippen LogP contribution >= 0.6 is 0 Å². The van der Waals surface area contributed by atoms with Crippen molar-refractivity contribution in [3.8, 4) is 0 Å². The van der Waals surface area contributed by atoms with Gasteiger partial charge in [0.15, 0.2) is 0 Å². The average Bonchev–Trinajstić information content (AvgIpc) is 1.89. The molecule has 0 atom stereocenters. The standard InChI is InChI=1S/C8H16.Ti/c1-3-5-7-8-6-4-2;/h1H,3-8H2,2H3;/q;+2. The van der Waals surface area contributed by atoms with Crippen molar-refractivity contribution < 1.29 is 20.0 Å². The molecule has 9 heavy (non-hydrogen) atoms. The van der Waals surface area contributed by atoms with E-state index in [9.17, 15) is 0 Å². The van der Waals surface area contributed by atoms with Gasteiger partial charge in [-0.2, -0.15) is 0 Å². The summed E-state index contributed by atoms with van der Waals surface area (Å²) in [6, 6.07) is 0. The second kappa shape index (κ2) is 8.58. The molecule has 0 saturated heterocycles. The molecule has 1 heteroatoms. The number of rotatable bonds is 6. The van der Waals surface area contributed by atoms with Crippen molar-refractivity contribution in [3.63, 3.8) is 0 Å². The maximum atomic E-state index is 2.26. The first-order valence-electron chi connectivity index (χ1n) is 3.90. The van der Waals surface area contributed by atoms with Crippen molar-refractivity contribution in [2.75, 3.05) is 0 Å². The van der Waals surface area contributed by atoms with Gasteiger partial charge in [-0.1, -0.05) is 0 Å². The quantitative estimate of drug-likeness (QED) is 0.414. The van der Waals surface area contributed by atoms with Crippen LogP contribution in [0.1, 0.15) is 45.4 Å². The van der Waals surface area contributed by atoms with Crippen LogP contribution in [-0.2, 0) is 20.0 Å². The Morgan fingerprint density at radius 3 is 2.33 bits per heavy atom. The molecule has 0 unspecified atom stereocenters. The van der Waals surface area contributed by atoms with Crippen LogP contribution in [0.15, 0.2) is 0 Å². The summed E-state index contributed by atoms with van der Waals surface area (Å²) in [5.41, 5.74) is 0. The summed E-state index contributed by atoms with van der Waals surface area (Å²) in [7, 11) is 0. The molecule has 0 radical (unpaired) electrons. The first-order valence-corrected chi connectivity index (χ1v) is 4.81.